The van der Waals surface area contributed by atoms with Crippen molar-refractivity contribution in [1.29, 1.82) is 0 Å². The molecular weight excluding hydrogens is 388 g/mol. The molecule has 0 unspecified atom stereocenters. The van der Waals surface area contributed by atoms with Crippen molar-refractivity contribution >= 4 is 23.1 Å². The van der Waals surface area contributed by atoms with Crippen LogP contribution in [-0.2, 0) is 16.1 Å². The van der Waals surface area contributed by atoms with Crippen molar-refractivity contribution in [3.63, 3.8) is 0 Å². The first kappa shape index (κ1) is 20.4. The molecule has 0 saturated heterocycles. The predicted molar refractivity (Wildman–Crippen MR) is 121 cm³/mol. The zero-order valence-corrected chi connectivity index (χ0v) is 17.8. The smallest absolute Gasteiger partial charge is 0.282 e. The van der Waals surface area contributed by atoms with Crippen LogP contribution in [0.3, 0.4) is 0 Å². The van der Waals surface area contributed by atoms with Crippen LogP contribution < -0.4 is 9.64 Å². The van der Waals surface area contributed by atoms with Crippen LogP contribution in [0.1, 0.15) is 16.7 Å². The number of rotatable bonds is 6. The Hall–Kier alpha value is -3.86. The van der Waals surface area contributed by atoms with Crippen LogP contribution in [-0.4, -0.2) is 30.9 Å². The molecule has 1 heterocycles. The van der Waals surface area contributed by atoms with Crippen LogP contribution in [0.2, 0.25) is 0 Å². The predicted octanol–water partition coefficient (Wildman–Crippen LogP) is 4.42. The second-order valence-corrected chi connectivity index (χ2v) is 7.58. The molecule has 3 aromatic rings. The molecule has 0 radical (unpaired) electrons. The van der Waals surface area contributed by atoms with E-state index in [1.807, 2.05) is 79.5 Å². The standard InChI is InChI=1S/C26H24N2O3/c1-18-8-7-11-21(16-18)28-25(29)23(20-12-14-22(31-3)15-13-20)24(26(28)30)27(2)17-19-9-5-4-6-10-19/h4-16H,17H2,1-3H3. The fourth-order valence-corrected chi connectivity index (χ4v) is 3.83. The number of carbonyl (C=O) groups is 2. The molecule has 1 aliphatic heterocycles. The number of amides is 2. The highest BCUT2D eigenvalue weighted by Crippen LogP contribution is 2.35. The van der Waals surface area contributed by atoms with Crippen LogP contribution >= 0.6 is 0 Å². The lowest BCUT2D eigenvalue weighted by atomic mass is 10.0. The third-order valence-corrected chi connectivity index (χ3v) is 5.34. The largest absolute Gasteiger partial charge is 0.497 e. The fourth-order valence-electron chi connectivity index (χ4n) is 3.83. The average Bonchev–Trinajstić information content (AvgIpc) is 3.04. The van der Waals surface area contributed by atoms with E-state index in [4.69, 9.17) is 4.74 Å². The van der Waals surface area contributed by atoms with Gasteiger partial charge in [-0.05, 0) is 47.9 Å². The highest BCUT2D eigenvalue weighted by Gasteiger charge is 2.41. The molecule has 0 spiro atoms. The van der Waals surface area contributed by atoms with Crippen molar-refractivity contribution in [2.45, 2.75) is 13.5 Å². The summed E-state index contributed by atoms with van der Waals surface area (Å²) in [7, 11) is 3.44. The number of carbonyl (C=O) groups excluding carboxylic acids is 2. The Bertz CT molecular complexity index is 1150. The first-order chi connectivity index (χ1) is 15.0. The van der Waals surface area contributed by atoms with Gasteiger partial charge in [0, 0.05) is 13.6 Å². The summed E-state index contributed by atoms with van der Waals surface area (Å²) in [5.74, 6) is 0.0476. The highest BCUT2D eigenvalue weighted by molar-refractivity contribution is 6.45. The average molecular weight is 412 g/mol. The van der Waals surface area contributed by atoms with Gasteiger partial charge in [0.1, 0.15) is 11.4 Å². The number of methoxy groups -OCH3 is 1. The molecule has 2 amide bonds. The third kappa shape index (κ3) is 3.94. The summed E-state index contributed by atoms with van der Waals surface area (Å²) in [6, 6.07) is 24.5. The summed E-state index contributed by atoms with van der Waals surface area (Å²) in [5.41, 5.74) is 4.08. The zero-order valence-electron chi connectivity index (χ0n) is 17.8. The Labute approximate surface area is 182 Å². The number of likely N-dealkylation sites (N-methyl/N-ethyl adjacent to an activating group) is 1. The summed E-state index contributed by atoms with van der Waals surface area (Å²) in [6.45, 7) is 2.45. The van der Waals surface area contributed by atoms with Gasteiger partial charge in [-0.1, -0.05) is 54.6 Å². The number of anilines is 1. The number of nitrogens with zero attached hydrogens (tertiary/aromatic N) is 2. The Kier molecular flexibility index (Phi) is 5.58. The van der Waals surface area contributed by atoms with Gasteiger partial charge >= 0.3 is 0 Å². The van der Waals surface area contributed by atoms with E-state index in [0.29, 0.717) is 34.8 Å². The minimum absolute atomic E-state index is 0.320. The van der Waals surface area contributed by atoms with Crippen molar-refractivity contribution < 1.29 is 14.3 Å². The summed E-state index contributed by atoms with van der Waals surface area (Å²) in [4.78, 5) is 30.2. The van der Waals surface area contributed by atoms with Crippen LogP contribution in [0.15, 0.2) is 84.6 Å². The monoisotopic (exact) mass is 412 g/mol. The van der Waals surface area contributed by atoms with Gasteiger partial charge in [-0.3, -0.25) is 9.59 Å². The molecule has 0 bridgehead atoms. The summed E-state index contributed by atoms with van der Waals surface area (Å²) in [5, 5.41) is 0. The van der Waals surface area contributed by atoms with Gasteiger partial charge in [0.05, 0.1) is 18.4 Å². The second kappa shape index (κ2) is 8.48. The molecule has 156 valence electrons. The Morgan fingerprint density at radius 3 is 2.23 bits per heavy atom. The molecule has 1 aliphatic rings. The molecule has 5 nitrogen and oxygen atoms in total. The summed E-state index contributed by atoms with van der Waals surface area (Å²) in [6.07, 6.45) is 0. The first-order valence-electron chi connectivity index (χ1n) is 10.1. The minimum Gasteiger partial charge on any atom is -0.497 e. The van der Waals surface area contributed by atoms with Gasteiger partial charge in [-0.2, -0.15) is 0 Å². The first-order valence-corrected chi connectivity index (χ1v) is 10.1. The molecule has 0 N–H and O–H groups in total. The van der Waals surface area contributed by atoms with Crippen LogP contribution in [0.4, 0.5) is 5.69 Å². The molecular formula is C26H24N2O3. The molecule has 0 atom stereocenters. The normalized spacial score (nSPS) is 13.7. The van der Waals surface area contributed by atoms with E-state index in [2.05, 4.69) is 0 Å². The molecule has 0 aliphatic carbocycles. The van der Waals surface area contributed by atoms with Crippen LogP contribution in [0.25, 0.3) is 5.57 Å². The fraction of sp³-hybridized carbons (Fsp3) is 0.154. The molecule has 0 fully saturated rings. The van der Waals surface area contributed by atoms with Crippen molar-refractivity contribution in [2.24, 2.45) is 0 Å². The summed E-state index contributed by atoms with van der Waals surface area (Å²) < 4.78 is 5.25. The van der Waals surface area contributed by atoms with Crippen molar-refractivity contribution in [3.05, 3.63) is 101 Å². The van der Waals surface area contributed by atoms with E-state index in [9.17, 15) is 9.59 Å². The minimum atomic E-state index is -0.323. The van der Waals surface area contributed by atoms with Crippen molar-refractivity contribution in [3.8, 4) is 5.75 Å². The van der Waals surface area contributed by atoms with E-state index >= 15 is 0 Å². The number of imide groups is 1. The van der Waals surface area contributed by atoms with Crippen LogP contribution in [0.5, 0.6) is 5.75 Å². The second-order valence-electron chi connectivity index (χ2n) is 7.58. The van der Waals surface area contributed by atoms with E-state index in [1.54, 1.807) is 25.3 Å². The Balaban J connectivity index is 1.80. The molecule has 3 aromatic carbocycles. The van der Waals surface area contributed by atoms with Gasteiger partial charge in [-0.25, -0.2) is 4.90 Å². The molecule has 4 rings (SSSR count). The number of hydrogen-bond donors (Lipinski definition) is 0. The number of aryl methyl sites for hydroxylation is 1. The highest BCUT2D eigenvalue weighted by atomic mass is 16.5. The van der Waals surface area contributed by atoms with E-state index in [-0.39, 0.29) is 11.8 Å². The molecule has 31 heavy (non-hydrogen) atoms. The van der Waals surface area contributed by atoms with Crippen molar-refractivity contribution in [2.75, 3.05) is 19.1 Å². The maximum absolute atomic E-state index is 13.5. The number of hydrogen-bond acceptors (Lipinski definition) is 4. The van der Waals surface area contributed by atoms with Gasteiger partial charge in [0.25, 0.3) is 11.8 Å². The van der Waals surface area contributed by atoms with E-state index < -0.39 is 0 Å². The lowest BCUT2D eigenvalue weighted by Crippen LogP contribution is -2.34. The van der Waals surface area contributed by atoms with Crippen molar-refractivity contribution in [1.82, 2.24) is 4.90 Å². The quantitative estimate of drug-likeness (QED) is 0.563. The lowest BCUT2D eigenvalue weighted by Gasteiger charge is -2.21. The number of benzene rings is 3. The maximum atomic E-state index is 13.5. The maximum Gasteiger partial charge on any atom is 0.282 e. The Morgan fingerprint density at radius 1 is 0.871 bits per heavy atom. The van der Waals surface area contributed by atoms with E-state index in [1.165, 1.54) is 4.90 Å². The van der Waals surface area contributed by atoms with Gasteiger partial charge in [0.15, 0.2) is 0 Å². The third-order valence-electron chi connectivity index (χ3n) is 5.34. The zero-order chi connectivity index (χ0) is 22.0. The van der Waals surface area contributed by atoms with E-state index in [0.717, 1.165) is 11.1 Å². The van der Waals surface area contributed by atoms with Gasteiger partial charge < -0.3 is 9.64 Å². The molecule has 5 heteroatoms. The summed E-state index contributed by atoms with van der Waals surface area (Å²) >= 11 is 0. The van der Waals surface area contributed by atoms with Gasteiger partial charge in [-0.15, -0.1) is 0 Å². The molecule has 0 saturated carbocycles. The SMILES string of the molecule is COc1ccc(C2=C(N(C)Cc3ccccc3)C(=O)N(c3cccc(C)c3)C2=O)cc1. The lowest BCUT2D eigenvalue weighted by molar-refractivity contribution is -0.120. The van der Waals surface area contributed by atoms with Gasteiger partial charge in [0.2, 0.25) is 0 Å². The van der Waals surface area contributed by atoms with Crippen LogP contribution in [0, 0.1) is 6.92 Å². The number of ether oxygens (including phenoxy) is 1. The molecule has 0 aromatic heterocycles. The Morgan fingerprint density at radius 2 is 1.58 bits per heavy atom. The topological polar surface area (TPSA) is 49.9 Å².